The standard InChI is InChI=1S/C21H34O4/c1-7-14-15(8-2)17-9-16(14)18(20(22)24-10-12(3)4)19(17)21(23)25-11-13(5)6/h12-13,16-19H,7-11H2,1-6H3. The Hall–Kier alpha value is -1.32. The van der Waals surface area contributed by atoms with Gasteiger partial charge in [0.1, 0.15) is 0 Å². The van der Waals surface area contributed by atoms with Crippen molar-refractivity contribution in [3.63, 3.8) is 0 Å². The molecule has 4 atom stereocenters. The highest BCUT2D eigenvalue weighted by Crippen LogP contribution is 2.57. The summed E-state index contributed by atoms with van der Waals surface area (Å²) in [6, 6.07) is 0. The van der Waals surface area contributed by atoms with Gasteiger partial charge in [0.25, 0.3) is 0 Å². The Kier molecular flexibility index (Phi) is 6.70. The van der Waals surface area contributed by atoms with Crippen molar-refractivity contribution in [2.24, 2.45) is 35.5 Å². The molecule has 0 aliphatic heterocycles. The molecule has 2 aliphatic rings. The number of rotatable bonds is 8. The second kappa shape index (κ2) is 8.37. The van der Waals surface area contributed by atoms with Gasteiger partial charge in [0.15, 0.2) is 0 Å². The van der Waals surface area contributed by atoms with Gasteiger partial charge in [-0.15, -0.1) is 0 Å². The first-order valence-corrected chi connectivity index (χ1v) is 9.86. The third-order valence-corrected chi connectivity index (χ3v) is 5.49. The van der Waals surface area contributed by atoms with E-state index in [1.54, 1.807) is 0 Å². The summed E-state index contributed by atoms with van der Waals surface area (Å²) in [6.45, 7) is 13.2. The fraction of sp³-hybridized carbons (Fsp3) is 0.810. The van der Waals surface area contributed by atoms with Crippen LogP contribution in [-0.4, -0.2) is 25.2 Å². The summed E-state index contributed by atoms with van der Waals surface area (Å²) in [5.74, 6) is -0.269. The summed E-state index contributed by atoms with van der Waals surface area (Å²) in [5, 5.41) is 0. The molecule has 0 radical (unpaired) electrons. The predicted octanol–water partition coefficient (Wildman–Crippen LogP) is 4.38. The Morgan fingerprint density at radius 3 is 1.48 bits per heavy atom. The average Bonchev–Trinajstić information content (AvgIpc) is 3.12. The molecule has 4 heteroatoms. The molecule has 0 aromatic carbocycles. The van der Waals surface area contributed by atoms with Crippen molar-refractivity contribution >= 4 is 11.9 Å². The van der Waals surface area contributed by atoms with Gasteiger partial charge in [0.05, 0.1) is 25.0 Å². The molecule has 2 rings (SSSR count). The molecule has 2 aliphatic carbocycles. The van der Waals surface area contributed by atoms with E-state index in [9.17, 15) is 9.59 Å². The van der Waals surface area contributed by atoms with Crippen molar-refractivity contribution in [2.45, 2.75) is 60.8 Å². The molecular weight excluding hydrogens is 316 g/mol. The first kappa shape index (κ1) is 20.0. The molecule has 1 saturated carbocycles. The third kappa shape index (κ3) is 4.09. The summed E-state index contributed by atoms with van der Waals surface area (Å²) in [6.07, 6.45) is 2.80. The average molecular weight is 350 g/mol. The van der Waals surface area contributed by atoms with Gasteiger partial charge in [-0.3, -0.25) is 9.59 Å². The molecule has 0 N–H and O–H groups in total. The van der Waals surface area contributed by atoms with Crippen molar-refractivity contribution in [2.75, 3.05) is 13.2 Å². The van der Waals surface area contributed by atoms with E-state index >= 15 is 0 Å². The molecule has 0 aromatic heterocycles. The number of carbonyl (C=O) groups excluding carboxylic acids is 2. The van der Waals surface area contributed by atoms with Crippen LogP contribution in [0, 0.1) is 35.5 Å². The first-order valence-electron chi connectivity index (χ1n) is 9.86. The van der Waals surface area contributed by atoms with Crippen LogP contribution in [0.5, 0.6) is 0 Å². The molecule has 0 spiro atoms. The van der Waals surface area contributed by atoms with Crippen molar-refractivity contribution in [1.29, 1.82) is 0 Å². The lowest BCUT2D eigenvalue weighted by molar-refractivity contribution is -0.163. The quantitative estimate of drug-likeness (QED) is 0.481. The fourth-order valence-electron chi connectivity index (χ4n) is 4.55. The van der Waals surface area contributed by atoms with Crippen molar-refractivity contribution in [3.05, 3.63) is 11.1 Å². The molecule has 0 heterocycles. The largest absolute Gasteiger partial charge is 0.465 e. The normalized spacial score (nSPS) is 28.2. The van der Waals surface area contributed by atoms with Gasteiger partial charge in [0.2, 0.25) is 0 Å². The van der Waals surface area contributed by atoms with Crippen LogP contribution in [0.2, 0.25) is 0 Å². The molecule has 4 nitrogen and oxygen atoms in total. The lowest BCUT2D eigenvalue weighted by Gasteiger charge is -2.31. The number of allylic oxidation sites excluding steroid dienone is 2. The fourth-order valence-corrected chi connectivity index (χ4v) is 4.55. The maximum absolute atomic E-state index is 12.8. The summed E-state index contributed by atoms with van der Waals surface area (Å²) in [7, 11) is 0. The number of ether oxygens (including phenoxy) is 2. The number of hydrogen-bond acceptors (Lipinski definition) is 4. The zero-order chi connectivity index (χ0) is 18.7. The Labute approximate surface area is 152 Å². The van der Waals surface area contributed by atoms with E-state index in [4.69, 9.17) is 9.47 Å². The number of hydrogen-bond donors (Lipinski definition) is 0. The lowest BCUT2D eigenvalue weighted by atomic mass is 9.74. The zero-order valence-corrected chi connectivity index (χ0v) is 16.6. The van der Waals surface area contributed by atoms with E-state index in [-0.39, 0.29) is 35.6 Å². The summed E-state index contributed by atoms with van der Waals surface area (Å²) >= 11 is 0. The topological polar surface area (TPSA) is 52.6 Å². The molecule has 25 heavy (non-hydrogen) atoms. The monoisotopic (exact) mass is 350 g/mol. The maximum Gasteiger partial charge on any atom is 0.310 e. The molecule has 4 unspecified atom stereocenters. The van der Waals surface area contributed by atoms with Crippen LogP contribution in [-0.2, 0) is 19.1 Å². The third-order valence-electron chi connectivity index (χ3n) is 5.49. The highest BCUT2D eigenvalue weighted by atomic mass is 16.5. The minimum Gasteiger partial charge on any atom is -0.465 e. The van der Waals surface area contributed by atoms with Crippen LogP contribution >= 0.6 is 0 Å². The molecular formula is C21H34O4. The van der Waals surface area contributed by atoms with Crippen LogP contribution < -0.4 is 0 Å². The number of fused-ring (bicyclic) bond motifs is 2. The van der Waals surface area contributed by atoms with E-state index < -0.39 is 0 Å². The Morgan fingerprint density at radius 1 is 0.840 bits per heavy atom. The Morgan fingerprint density at radius 2 is 1.20 bits per heavy atom. The second-order valence-electron chi connectivity index (χ2n) is 8.31. The van der Waals surface area contributed by atoms with E-state index in [1.807, 2.05) is 27.7 Å². The molecule has 0 saturated heterocycles. The predicted molar refractivity (Wildman–Crippen MR) is 97.8 cm³/mol. The van der Waals surface area contributed by atoms with Gasteiger partial charge in [-0.2, -0.15) is 0 Å². The van der Waals surface area contributed by atoms with Crippen LogP contribution in [0.1, 0.15) is 60.8 Å². The van der Waals surface area contributed by atoms with Crippen LogP contribution in [0.15, 0.2) is 11.1 Å². The van der Waals surface area contributed by atoms with Gasteiger partial charge < -0.3 is 9.47 Å². The van der Waals surface area contributed by atoms with Gasteiger partial charge in [-0.05, 0) is 42.9 Å². The Balaban J connectivity index is 2.25. The molecule has 2 bridgehead atoms. The van der Waals surface area contributed by atoms with Crippen molar-refractivity contribution in [1.82, 2.24) is 0 Å². The van der Waals surface area contributed by atoms with Gasteiger partial charge in [0, 0.05) is 0 Å². The van der Waals surface area contributed by atoms with Crippen LogP contribution in [0.25, 0.3) is 0 Å². The molecule has 0 amide bonds. The highest BCUT2D eigenvalue weighted by Gasteiger charge is 2.57. The van der Waals surface area contributed by atoms with Crippen molar-refractivity contribution < 1.29 is 19.1 Å². The zero-order valence-electron chi connectivity index (χ0n) is 16.6. The summed E-state index contributed by atoms with van der Waals surface area (Å²) in [4.78, 5) is 25.6. The second-order valence-corrected chi connectivity index (χ2v) is 8.31. The maximum atomic E-state index is 12.8. The lowest BCUT2D eigenvalue weighted by Crippen LogP contribution is -2.38. The Bertz CT molecular complexity index is 486. The SMILES string of the molecule is CCC1=C(CC)C2CC1C(C(=O)OCC(C)C)C2C(=O)OCC(C)C. The van der Waals surface area contributed by atoms with Crippen LogP contribution in [0.4, 0.5) is 0 Å². The van der Waals surface area contributed by atoms with E-state index in [0.717, 1.165) is 19.3 Å². The first-order chi connectivity index (χ1) is 11.8. The number of carbonyl (C=O) groups is 2. The minimum absolute atomic E-state index is 0.154. The smallest absolute Gasteiger partial charge is 0.310 e. The summed E-state index contributed by atoms with van der Waals surface area (Å²) < 4.78 is 11.1. The van der Waals surface area contributed by atoms with E-state index in [1.165, 1.54) is 11.1 Å². The molecule has 1 fully saturated rings. The van der Waals surface area contributed by atoms with Gasteiger partial charge in [-0.1, -0.05) is 52.7 Å². The minimum atomic E-state index is -0.367. The van der Waals surface area contributed by atoms with Crippen LogP contribution in [0.3, 0.4) is 0 Å². The number of esters is 2. The van der Waals surface area contributed by atoms with E-state index in [0.29, 0.717) is 25.0 Å². The van der Waals surface area contributed by atoms with Crippen molar-refractivity contribution in [3.8, 4) is 0 Å². The van der Waals surface area contributed by atoms with Gasteiger partial charge in [-0.25, -0.2) is 0 Å². The molecule has 0 aromatic rings. The van der Waals surface area contributed by atoms with Gasteiger partial charge >= 0.3 is 11.9 Å². The molecule has 142 valence electrons. The highest BCUT2D eigenvalue weighted by molar-refractivity contribution is 5.85. The summed E-state index contributed by atoms with van der Waals surface area (Å²) in [5.41, 5.74) is 2.76. The van der Waals surface area contributed by atoms with E-state index in [2.05, 4.69) is 13.8 Å².